The maximum Gasteiger partial charge on any atom is 0.415 e. The molecular weight excluding hydrogens is 470 g/mol. The van der Waals surface area contributed by atoms with Gasteiger partial charge in [0.1, 0.15) is 29.4 Å². The summed E-state index contributed by atoms with van der Waals surface area (Å²) in [5.41, 5.74) is 3.42. The highest BCUT2D eigenvalue weighted by molar-refractivity contribution is 5.90. The van der Waals surface area contributed by atoms with Crippen LogP contribution in [-0.4, -0.2) is 32.9 Å². The van der Waals surface area contributed by atoms with E-state index in [2.05, 4.69) is 20.8 Å². The van der Waals surface area contributed by atoms with Gasteiger partial charge in [-0.2, -0.15) is 5.26 Å². The molecule has 2 atom stereocenters. The van der Waals surface area contributed by atoms with E-state index in [-0.39, 0.29) is 12.7 Å². The number of benzene rings is 2. The molecule has 9 nitrogen and oxygen atoms in total. The summed E-state index contributed by atoms with van der Waals surface area (Å²) in [5, 5.41) is 13.2. The molecule has 2 aromatic carbocycles. The van der Waals surface area contributed by atoms with Gasteiger partial charge < -0.3 is 18.6 Å². The van der Waals surface area contributed by atoms with Gasteiger partial charge in [-0.3, -0.25) is 4.90 Å². The van der Waals surface area contributed by atoms with Crippen LogP contribution in [0.5, 0.6) is 5.75 Å². The maximum absolute atomic E-state index is 13.0. The number of nitrogens with zero attached hydrogens (tertiary/aromatic N) is 5. The molecule has 1 saturated carbocycles. The van der Waals surface area contributed by atoms with Crippen molar-refractivity contribution in [2.75, 3.05) is 11.4 Å². The van der Waals surface area contributed by atoms with E-state index in [1.54, 1.807) is 11.0 Å². The summed E-state index contributed by atoms with van der Waals surface area (Å²) in [6, 6.07) is 17.1. The van der Waals surface area contributed by atoms with Gasteiger partial charge in [-0.05, 0) is 68.9 Å². The molecular formula is C28H27N5O4. The number of carbonyl (C=O) groups is 1. The first-order valence-electron chi connectivity index (χ1n) is 12.5. The second kappa shape index (κ2) is 9.28. The van der Waals surface area contributed by atoms with Crippen LogP contribution in [0.25, 0.3) is 11.0 Å². The Hall–Kier alpha value is -4.32. The molecule has 2 fully saturated rings. The summed E-state index contributed by atoms with van der Waals surface area (Å²) in [6.45, 7) is 3.41. The molecule has 37 heavy (non-hydrogen) atoms. The van der Waals surface area contributed by atoms with E-state index < -0.39 is 5.60 Å². The van der Waals surface area contributed by atoms with Crippen molar-refractivity contribution in [3.8, 4) is 11.8 Å². The lowest BCUT2D eigenvalue weighted by Gasteiger charge is -2.36. The average Bonchev–Trinajstić information content (AvgIpc) is 3.60. The van der Waals surface area contributed by atoms with Crippen LogP contribution in [0.2, 0.25) is 0 Å². The predicted octanol–water partition coefficient (Wildman–Crippen LogP) is 5.37. The largest absolute Gasteiger partial charge is 0.487 e. The Balaban J connectivity index is 1.15. The highest BCUT2D eigenvalue weighted by Gasteiger charge is 2.48. The van der Waals surface area contributed by atoms with Crippen LogP contribution in [0.4, 0.5) is 10.5 Å². The zero-order chi connectivity index (χ0) is 25.4. The van der Waals surface area contributed by atoms with Crippen LogP contribution in [-0.2, 0) is 17.9 Å². The molecule has 1 saturated heterocycles. The Morgan fingerprint density at radius 3 is 3.00 bits per heavy atom. The standard InChI is InChI=1S/C28H27N5O4/c1-19-10-22(31-37-19)16-35-24-6-2-5-23(12-24)33-17-28(36-27(33)34)9-3-4-21(13-28)15-32-18-30-25-8-7-20(14-29)11-26(25)32/h2,5-8,10-12,18,21H,3-4,9,13,15-17H2,1H3. The summed E-state index contributed by atoms with van der Waals surface area (Å²) in [7, 11) is 0. The topological polar surface area (TPSA) is 106 Å². The highest BCUT2D eigenvalue weighted by Crippen LogP contribution is 2.42. The van der Waals surface area contributed by atoms with Gasteiger partial charge in [0.25, 0.3) is 0 Å². The fraction of sp³-hybridized carbons (Fsp3) is 0.357. The Kier molecular flexibility index (Phi) is 5.80. The van der Waals surface area contributed by atoms with Crippen molar-refractivity contribution >= 4 is 22.8 Å². The zero-order valence-electron chi connectivity index (χ0n) is 20.6. The summed E-state index contributed by atoms with van der Waals surface area (Å²) in [5.74, 6) is 1.72. The summed E-state index contributed by atoms with van der Waals surface area (Å²) < 4.78 is 19.1. The first-order chi connectivity index (χ1) is 18.0. The van der Waals surface area contributed by atoms with Crippen LogP contribution in [0.3, 0.4) is 0 Å². The predicted molar refractivity (Wildman–Crippen MR) is 135 cm³/mol. The van der Waals surface area contributed by atoms with E-state index in [0.29, 0.717) is 29.5 Å². The average molecular weight is 498 g/mol. The van der Waals surface area contributed by atoms with Crippen molar-refractivity contribution < 1.29 is 18.8 Å². The minimum Gasteiger partial charge on any atom is -0.487 e. The second-order valence-electron chi connectivity index (χ2n) is 10.0. The Bertz CT molecular complexity index is 1500. The quantitative estimate of drug-likeness (QED) is 0.352. The summed E-state index contributed by atoms with van der Waals surface area (Å²) in [4.78, 5) is 19.2. The third-order valence-electron chi connectivity index (χ3n) is 7.27. The van der Waals surface area contributed by atoms with Crippen LogP contribution in [0, 0.1) is 24.2 Å². The number of nitriles is 1. The lowest BCUT2D eigenvalue weighted by molar-refractivity contribution is 0.00439. The molecule has 0 bridgehead atoms. The molecule has 4 aromatic rings. The lowest BCUT2D eigenvalue weighted by Crippen LogP contribution is -2.40. The zero-order valence-corrected chi connectivity index (χ0v) is 20.6. The fourth-order valence-electron chi connectivity index (χ4n) is 5.59. The Morgan fingerprint density at radius 2 is 2.16 bits per heavy atom. The summed E-state index contributed by atoms with van der Waals surface area (Å²) in [6.07, 6.45) is 5.19. The molecule has 2 aliphatic rings. The third kappa shape index (κ3) is 4.62. The van der Waals surface area contributed by atoms with Crippen molar-refractivity contribution in [1.82, 2.24) is 14.7 Å². The van der Waals surface area contributed by atoms with Gasteiger partial charge in [0.05, 0.1) is 41.2 Å². The minimum atomic E-state index is -0.511. The normalized spacial score (nSPS) is 21.4. The van der Waals surface area contributed by atoms with Crippen LogP contribution in [0.1, 0.15) is 42.7 Å². The molecule has 2 aromatic heterocycles. The van der Waals surface area contributed by atoms with Crippen LogP contribution in [0.15, 0.2) is 59.4 Å². The monoisotopic (exact) mass is 497 g/mol. The van der Waals surface area contributed by atoms with E-state index in [1.165, 1.54) is 0 Å². The maximum atomic E-state index is 13.0. The molecule has 1 amide bonds. The number of aromatic nitrogens is 3. The van der Waals surface area contributed by atoms with Crippen molar-refractivity contribution in [3.63, 3.8) is 0 Å². The van der Waals surface area contributed by atoms with Gasteiger partial charge in [0.2, 0.25) is 0 Å². The molecule has 3 heterocycles. The second-order valence-corrected chi connectivity index (χ2v) is 10.0. The van der Waals surface area contributed by atoms with E-state index in [4.69, 9.17) is 14.0 Å². The minimum absolute atomic E-state index is 0.287. The number of hydrogen-bond acceptors (Lipinski definition) is 7. The Morgan fingerprint density at radius 1 is 1.24 bits per heavy atom. The number of hydrogen-bond donors (Lipinski definition) is 0. The molecule has 188 valence electrons. The van der Waals surface area contributed by atoms with Crippen molar-refractivity contribution in [2.24, 2.45) is 5.92 Å². The fourth-order valence-corrected chi connectivity index (χ4v) is 5.59. The van der Waals surface area contributed by atoms with Gasteiger partial charge in [-0.1, -0.05) is 11.2 Å². The molecule has 0 radical (unpaired) electrons. The molecule has 1 aliphatic carbocycles. The number of ether oxygens (including phenoxy) is 2. The summed E-state index contributed by atoms with van der Waals surface area (Å²) >= 11 is 0. The van der Waals surface area contributed by atoms with Gasteiger partial charge in [-0.25, -0.2) is 9.78 Å². The van der Waals surface area contributed by atoms with E-state index in [0.717, 1.165) is 54.7 Å². The van der Waals surface area contributed by atoms with Gasteiger partial charge in [-0.15, -0.1) is 0 Å². The number of carbonyl (C=O) groups excluding carboxylic acids is 1. The molecule has 1 spiro atoms. The molecule has 1 aliphatic heterocycles. The smallest absolute Gasteiger partial charge is 0.415 e. The first-order valence-corrected chi connectivity index (χ1v) is 12.5. The van der Waals surface area contributed by atoms with Gasteiger partial charge >= 0.3 is 6.09 Å². The first kappa shape index (κ1) is 23.1. The molecule has 9 heteroatoms. The van der Waals surface area contributed by atoms with Crippen molar-refractivity contribution in [3.05, 3.63) is 71.9 Å². The van der Waals surface area contributed by atoms with Crippen molar-refractivity contribution in [2.45, 2.75) is 51.4 Å². The SMILES string of the molecule is Cc1cc(COc2cccc(N3CC4(CCCC(Cn5cnc6ccc(C#N)cc65)C4)OC3=O)c2)no1. The van der Waals surface area contributed by atoms with E-state index in [9.17, 15) is 10.1 Å². The number of amides is 1. The number of rotatable bonds is 6. The van der Waals surface area contributed by atoms with E-state index >= 15 is 0 Å². The number of imidazole rings is 1. The molecule has 6 rings (SSSR count). The number of fused-ring (bicyclic) bond motifs is 1. The van der Waals surface area contributed by atoms with Crippen LogP contribution >= 0.6 is 0 Å². The third-order valence-corrected chi connectivity index (χ3v) is 7.27. The van der Waals surface area contributed by atoms with Gasteiger partial charge in [0, 0.05) is 18.7 Å². The Labute approximate surface area is 214 Å². The molecule has 2 unspecified atom stereocenters. The molecule has 0 N–H and O–H groups in total. The van der Waals surface area contributed by atoms with Crippen LogP contribution < -0.4 is 9.64 Å². The van der Waals surface area contributed by atoms with E-state index in [1.807, 2.05) is 55.7 Å². The number of aryl methyl sites for hydroxylation is 1. The lowest BCUT2D eigenvalue weighted by atomic mass is 9.78. The van der Waals surface area contributed by atoms with Crippen molar-refractivity contribution in [1.29, 1.82) is 5.26 Å². The highest BCUT2D eigenvalue weighted by atomic mass is 16.6. The van der Waals surface area contributed by atoms with Gasteiger partial charge in [0.15, 0.2) is 0 Å². The number of anilines is 1.